The third-order valence-corrected chi connectivity index (χ3v) is 5.25. The van der Waals surface area contributed by atoms with Crippen molar-refractivity contribution in [2.75, 3.05) is 18.4 Å². The van der Waals surface area contributed by atoms with Crippen LogP contribution in [0.15, 0.2) is 12.1 Å². The van der Waals surface area contributed by atoms with Crippen LogP contribution < -0.4 is 10.6 Å². The van der Waals surface area contributed by atoms with Crippen LogP contribution in [0, 0.1) is 20.8 Å². The first kappa shape index (κ1) is 19.9. The molecule has 0 aromatic carbocycles. The SMILES string of the molecule is CCCc1nnsc1C(=O)NCCNc1ccc(-n2nc(C)c(C)c2C)nn1. The molecule has 3 aromatic rings. The summed E-state index contributed by atoms with van der Waals surface area (Å²) < 4.78 is 5.66. The summed E-state index contributed by atoms with van der Waals surface area (Å²) in [6.45, 7) is 9.07. The summed E-state index contributed by atoms with van der Waals surface area (Å²) in [5.74, 6) is 1.18. The molecule has 3 aromatic heterocycles. The highest BCUT2D eigenvalue weighted by molar-refractivity contribution is 7.08. The highest BCUT2D eigenvalue weighted by Crippen LogP contribution is 2.15. The molecule has 0 saturated carbocycles. The quantitative estimate of drug-likeness (QED) is 0.558. The van der Waals surface area contributed by atoms with E-state index in [9.17, 15) is 4.79 Å². The van der Waals surface area contributed by atoms with Crippen LogP contribution in [0.25, 0.3) is 5.82 Å². The minimum Gasteiger partial charge on any atom is -0.367 e. The van der Waals surface area contributed by atoms with Gasteiger partial charge in [0.15, 0.2) is 5.82 Å². The summed E-state index contributed by atoms with van der Waals surface area (Å²) in [7, 11) is 0. The van der Waals surface area contributed by atoms with Gasteiger partial charge < -0.3 is 10.6 Å². The highest BCUT2D eigenvalue weighted by Gasteiger charge is 2.15. The van der Waals surface area contributed by atoms with E-state index in [0.29, 0.717) is 29.6 Å². The normalized spacial score (nSPS) is 10.9. The molecule has 2 N–H and O–H groups in total. The van der Waals surface area contributed by atoms with Gasteiger partial charge in [-0.25, -0.2) is 4.68 Å². The number of nitrogens with one attached hydrogen (secondary N) is 2. The molecule has 3 heterocycles. The molecule has 28 heavy (non-hydrogen) atoms. The van der Waals surface area contributed by atoms with Crippen molar-refractivity contribution in [1.82, 2.24) is 34.9 Å². The molecule has 0 fully saturated rings. The van der Waals surface area contributed by atoms with Crippen LogP contribution in [0.4, 0.5) is 5.82 Å². The van der Waals surface area contributed by atoms with Crippen molar-refractivity contribution in [2.45, 2.75) is 40.5 Å². The number of amides is 1. The number of anilines is 1. The Kier molecular flexibility index (Phi) is 6.30. The molecule has 0 bridgehead atoms. The lowest BCUT2D eigenvalue weighted by atomic mass is 10.2. The number of carbonyl (C=O) groups is 1. The molecule has 0 aliphatic carbocycles. The largest absolute Gasteiger partial charge is 0.367 e. The molecule has 148 valence electrons. The molecule has 0 aliphatic heterocycles. The maximum Gasteiger partial charge on any atom is 0.265 e. The molecule has 0 saturated heterocycles. The van der Waals surface area contributed by atoms with Gasteiger partial charge in [-0.15, -0.1) is 15.3 Å². The Labute approximate surface area is 167 Å². The lowest BCUT2D eigenvalue weighted by Gasteiger charge is -2.08. The third-order valence-electron chi connectivity index (χ3n) is 4.49. The molecule has 9 nitrogen and oxygen atoms in total. The number of rotatable bonds is 8. The van der Waals surface area contributed by atoms with Crippen LogP contribution in [-0.2, 0) is 6.42 Å². The van der Waals surface area contributed by atoms with Crippen LogP contribution >= 0.6 is 11.5 Å². The maximum absolute atomic E-state index is 12.2. The zero-order valence-electron chi connectivity index (χ0n) is 16.5. The van der Waals surface area contributed by atoms with E-state index in [1.165, 1.54) is 0 Å². The minimum absolute atomic E-state index is 0.137. The molecule has 0 radical (unpaired) electrons. The van der Waals surface area contributed by atoms with E-state index in [4.69, 9.17) is 0 Å². The summed E-state index contributed by atoms with van der Waals surface area (Å²) >= 11 is 1.13. The van der Waals surface area contributed by atoms with Gasteiger partial charge in [0.2, 0.25) is 0 Å². The van der Waals surface area contributed by atoms with Crippen molar-refractivity contribution in [3.63, 3.8) is 0 Å². The molecule has 0 aliphatic rings. The van der Waals surface area contributed by atoms with Crippen molar-refractivity contribution >= 4 is 23.3 Å². The van der Waals surface area contributed by atoms with Gasteiger partial charge in [-0.2, -0.15) is 5.10 Å². The summed E-state index contributed by atoms with van der Waals surface area (Å²) in [5.41, 5.74) is 3.95. The van der Waals surface area contributed by atoms with Crippen LogP contribution in [-0.4, -0.2) is 48.6 Å². The lowest BCUT2D eigenvalue weighted by molar-refractivity contribution is 0.0958. The van der Waals surface area contributed by atoms with E-state index in [-0.39, 0.29) is 5.91 Å². The van der Waals surface area contributed by atoms with Gasteiger partial charge in [0.05, 0.1) is 11.4 Å². The van der Waals surface area contributed by atoms with E-state index in [2.05, 4.69) is 35.5 Å². The molecule has 10 heteroatoms. The number of carbonyl (C=O) groups excluding carboxylic acids is 1. The first-order chi connectivity index (χ1) is 13.5. The first-order valence-electron chi connectivity index (χ1n) is 9.21. The summed E-state index contributed by atoms with van der Waals surface area (Å²) in [6.07, 6.45) is 1.69. The second kappa shape index (κ2) is 8.87. The van der Waals surface area contributed by atoms with Gasteiger partial charge in [-0.05, 0) is 56.4 Å². The zero-order valence-corrected chi connectivity index (χ0v) is 17.3. The number of hydrogen-bond donors (Lipinski definition) is 2. The lowest BCUT2D eigenvalue weighted by Crippen LogP contribution is -2.29. The molecule has 1 amide bonds. The van der Waals surface area contributed by atoms with Crippen molar-refractivity contribution in [3.05, 3.63) is 39.7 Å². The third kappa shape index (κ3) is 4.33. The van der Waals surface area contributed by atoms with E-state index in [0.717, 1.165) is 47.0 Å². The van der Waals surface area contributed by atoms with Gasteiger partial charge in [0.25, 0.3) is 5.91 Å². The van der Waals surface area contributed by atoms with Crippen molar-refractivity contribution in [2.24, 2.45) is 0 Å². The first-order valence-corrected chi connectivity index (χ1v) is 9.98. The summed E-state index contributed by atoms with van der Waals surface area (Å²) in [5, 5.41) is 22.9. The van der Waals surface area contributed by atoms with Crippen LogP contribution in [0.5, 0.6) is 0 Å². The van der Waals surface area contributed by atoms with Gasteiger partial charge in [0, 0.05) is 18.8 Å². The van der Waals surface area contributed by atoms with Crippen molar-refractivity contribution < 1.29 is 4.79 Å². The topological polar surface area (TPSA) is 111 Å². The minimum atomic E-state index is -0.137. The average molecular weight is 401 g/mol. The van der Waals surface area contributed by atoms with E-state index >= 15 is 0 Å². The van der Waals surface area contributed by atoms with Crippen LogP contribution in [0.2, 0.25) is 0 Å². The number of aryl methyl sites for hydroxylation is 2. The van der Waals surface area contributed by atoms with Crippen LogP contribution in [0.1, 0.15) is 45.7 Å². The smallest absolute Gasteiger partial charge is 0.265 e. The number of hydrogen-bond acceptors (Lipinski definition) is 8. The van der Waals surface area contributed by atoms with Gasteiger partial charge >= 0.3 is 0 Å². The molecule has 3 rings (SSSR count). The van der Waals surface area contributed by atoms with E-state index in [1.54, 1.807) is 4.68 Å². The number of aromatic nitrogens is 6. The van der Waals surface area contributed by atoms with Crippen molar-refractivity contribution in [3.8, 4) is 5.82 Å². The Hall–Kier alpha value is -2.88. The monoisotopic (exact) mass is 400 g/mol. The fourth-order valence-corrected chi connectivity index (χ4v) is 3.33. The fourth-order valence-electron chi connectivity index (χ4n) is 2.70. The van der Waals surface area contributed by atoms with E-state index < -0.39 is 0 Å². The molecule has 0 spiro atoms. The van der Waals surface area contributed by atoms with Crippen LogP contribution in [0.3, 0.4) is 0 Å². The summed E-state index contributed by atoms with van der Waals surface area (Å²) in [4.78, 5) is 12.8. The Bertz CT molecular complexity index is 947. The average Bonchev–Trinajstić information content (AvgIpc) is 3.26. The van der Waals surface area contributed by atoms with Gasteiger partial charge in [0.1, 0.15) is 10.7 Å². The molecule has 0 atom stereocenters. The Morgan fingerprint density at radius 3 is 2.61 bits per heavy atom. The Morgan fingerprint density at radius 1 is 1.14 bits per heavy atom. The van der Waals surface area contributed by atoms with E-state index in [1.807, 2.05) is 39.8 Å². The van der Waals surface area contributed by atoms with Gasteiger partial charge in [-0.1, -0.05) is 17.8 Å². The second-order valence-electron chi connectivity index (χ2n) is 6.47. The maximum atomic E-state index is 12.2. The fraction of sp³-hybridized carbons (Fsp3) is 0.444. The molecular formula is C18H24N8OS. The zero-order chi connectivity index (χ0) is 20.1. The van der Waals surface area contributed by atoms with Crippen molar-refractivity contribution in [1.29, 1.82) is 0 Å². The van der Waals surface area contributed by atoms with Gasteiger partial charge in [-0.3, -0.25) is 4.79 Å². The highest BCUT2D eigenvalue weighted by atomic mass is 32.1. The molecular weight excluding hydrogens is 376 g/mol. The standard InChI is InChI=1S/C18H24N8OS/c1-5-6-14-17(28-25-21-14)18(27)20-10-9-19-15-7-8-16(23-22-15)26-13(4)11(2)12(3)24-26/h7-8H,5-6,9-10H2,1-4H3,(H,19,22)(H,20,27). The predicted molar refractivity (Wildman–Crippen MR) is 108 cm³/mol. The predicted octanol–water partition coefficient (Wildman–Crippen LogP) is 2.23. The second-order valence-corrected chi connectivity index (χ2v) is 7.22. The summed E-state index contributed by atoms with van der Waals surface area (Å²) in [6, 6.07) is 3.72. The Morgan fingerprint density at radius 2 is 1.96 bits per heavy atom. The molecule has 0 unspecified atom stereocenters. The number of nitrogens with zero attached hydrogens (tertiary/aromatic N) is 6. The Balaban J connectivity index is 1.51.